The number of allylic oxidation sites excluding steroid dienone is 1. The van der Waals surface area contributed by atoms with Crippen LogP contribution in [0.15, 0.2) is 17.8 Å². The largest absolute Gasteiger partial charge is 0.466 e. The highest BCUT2D eigenvalue weighted by Gasteiger charge is 2.64. The Labute approximate surface area is 164 Å². The molecule has 0 aromatic heterocycles. The van der Waals surface area contributed by atoms with Gasteiger partial charge in [-0.1, -0.05) is 39.7 Å². The van der Waals surface area contributed by atoms with Crippen LogP contribution in [0.3, 0.4) is 0 Å². The van der Waals surface area contributed by atoms with Gasteiger partial charge in [0.1, 0.15) is 0 Å². The Morgan fingerprint density at radius 2 is 2.07 bits per heavy atom. The van der Waals surface area contributed by atoms with E-state index in [1.807, 2.05) is 6.92 Å². The Hall–Kier alpha value is -1.32. The van der Waals surface area contributed by atoms with Crippen LogP contribution in [0.5, 0.6) is 0 Å². The maximum atomic E-state index is 13.1. The lowest BCUT2D eigenvalue weighted by atomic mass is 9.39. The van der Waals surface area contributed by atoms with E-state index in [1.54, 1.807) is 6.21 Å². The fourth-order valence-electron chi connectivity index (χ4n) is 7.59. The third-order valence-corrected chi connectivity index (χ3v) is 8.35. The average molecular weight is 376 g/mol. The van der Waals surface area contributed by atoms with Crippen molar-refractivity contribution in [1.29, 1.82) is 0 Å². The van der Waals surface area contributed by atoms with Gasteiger partial charge < -0.3 is 9.94 Å². The fraction of sp³-hybridized carbons (Fsp3) is 0.826. The van der Waals surface area contributed by atoms with Crippen LogP contribution in [0.2, 0.25) is 0 Å². The normalized spacial score (nSPS) is 47.1. The summed E-state index contributed by atoms with van der Waals surface area (Å²) in [6, 6.07) is 0. The second-order valence-electron chi connectivity index (χ2n) is 10.1. The van der Waals surface area contributed by atoms with Gasteiger partial charge in [0.25, 0.3) is 0 Å². The Bertz CT molecular complexity index is 617. The molecule has 27 heavy (non-hydrogen) atoms. The SMILES string of the molecule is C=C[C@]12CCC3[C@@H](C)CCC[C@@]3(C)C1[C@H](C(=O)OCC)C[C@](C)(/C=N/O)C2. The summed E-state index contributed by atoms with van der Waals surface area (Å²) in [6.07, 6.45) is 11.3. The lowest BCUT2D eigenvalue weighted by Crippen LogP contribution is -2.60. The highest BCUT2D eigenvalue weighted by molar-refractivity contribution is 5.76. The molecule has 1 N–H and O–H groups in total. The van der Waals surface area contributed by atoms with Crippen molar-refractivity contribution < 1.29 is 14.7 Å². The molecule has 0 spiro atoms. The number of fused-ring (bicyclic) bond motifs is 3. The summed E-state index contributed by atoms with van der Waals surface area (Å²) in [5, 5.41) is 12.6. The molecule has 0 aliphatic heterocycles. The number of rotatable bonds is 4. The zero-order valence-corrected chi connectivity index (χ0v) is 17.5. The second-order valence-corrected chi connectivity index (χ2v) is 10.1. The van der Waals surface area contributed by atoms with Crippen LogP contribution in [0.25, 0.3) is 0 Å². The standard InChI is InChI=1S/C23H37NO3/c1-6-23-12-10-18-16(3)9-8-11-22(18,5)19(23)17(20(25)27-7-2)13-21(4,14-23)15-24-26/h6,15-19,26H,1,7-14H2,2-5H3/b24-15+/t16-,17+,18?,19?,21-,22+,23+/m0/s1. The molecule has 2 unspecified atom stereocenters. The van der Waals surface area contributed by atoms with Crippen LogP contribution in [-0.2, 0) is 9.53 Å². The van der Waals surface area contributed by atoms with Crippen LogP contribution in [-0.4, -0.2) is 24.0 Å². The summed E-state index contributed by atoms with van der Waals surface area (Å²) < 4.78 is 5.56. The average Bonchev–Trinajstić information content (AvgIpc) is 2.60. The van der Waals surface area contributed by atoms with E-state index in [0.29, 0.717) is 24.9 Å². The van der Waals surface area contributed by atoms with Crippen LogP contribution in [0.1, 0.15) is 72.6 Å². The van der Waals surface area contributed by atoms with Gasteiger partial charge in [-0.3, -0.25) is 4.79 Å². The van der Waals surface area contributed by atoms with Crippen molar-refractivity contribution in [2.24, 2.45) is 45.1 Å². The molecule has 0 aromatic carbocycles. The molecule has 0 bridgehead atoms. The molecular formula is C23H37NO3. The lowest BCUT2D eigenvalue weighted by molar-refractivity contribution is -0.180. The highest BCUT2D eigenvalue weighted by Crippen LogP contribution is 2.69. The summed E-state index contributed by atoms with van der Waals surface area (Å²) >= 11 is 0. The van der Waals surface area contributed by atoms with Crippen LogP contribution >= 0.6 is 0 Å². The molecule has 4 nitrogen and oxygen atoms in total. The summed E-state index contributed by atoms with van der Waals surface area (Å²) in [5.74, 6) is 1.38. The summed E-state index contributed by atoms with van der Waals surface area (Å²) in [6.45, 7) is 13.5. The minimum atomic E-state index is -0.319. The van der Waals surface area contributed by atoms with E-state index in [-0.39, 0.29) is 34.1 Å². The minimum Gasteiger partial charge on any atom is -0.466 e. The van der Waals surface area contributed by atoms with Crippen molar-refractivity contribution in [2.75, 3.05) is 6.61 Å². The molecule has 0 saturated heterocycles. The van der Waals surface area contributed by atoms with Crippen molar-refractivity contribution in [1.82, 2.24) is 0 Å². The van der Waals surface area contributed by atoms with Crippen molar-refractivity contribution in [3.8, 4) is 0 Å². The molecule has 0 amide bonds. The first-order valence-corrected chi connectivity index (χ1v) is 10.7. The molecule has 4 heteroatoms. The maximum Gasteiger partial charge on any atom is 0.309 e. The first kappa shape index (κ1) is 20.4. The van der Waals surface area contributed by atoms with Crippen molar-refractivity contribution >= 4 is 12.2 Å². The van der Waals surface area contributed by atoms with E-state index >= 15 is 0 Å². The van der Waals surface area contributed by atoms with E-state index in [0.717, 1.165) is 12.8 Å². The summed E-state index contributed by atoms with van der Waals surface area (Å²) in [7, 11) is 0. The molecule has 7 atom stereocenters. The lowest BCUT2D eigenvalue weighted by Gasteiger charge is -2.65. The third-order valence-electron chi connectivity index (χ3n) is 8.35. The van der Waals surface area contributed by atoms with E-state index in [1.165, 1.54) is 25.7 Å². The molecule has 3 fully saturated rings. The predicted octanol–water partition coefficient (Wildman–Crippen LogP) is 5.45. The molecule has 3 rings (SSSR count). The molecule has 152 valence electrons. The molecule has 3 aliphatic carbocycles. The van der Waals surface area contributed by atoms with E-state index < -0.39 is 0 Å². The zero-order chi connectivity index (χ0) is 19.9. The molecular weight excluding hydrogens is 338 g/mol. The number of carbonyl (C=O) groups is 1. The highest BCUT2D eigenvalue weighted by atomic mass is 16.5. The quantitative estimate of drug-likeness (QED) is 0.234. The monoisotopic (exact) mass is 375 g/mol. The molecule has 3 aliphatic rings. The van der Waals surface area contributed by atoms with Gasteiger partial charge in [-0.25, -0.2) is 0 Å². The second kappa shape index (κ2) is 7.25. The number of esters is 1. The summed E-state index contributed by atoms with van der Waals surface area (Å²) in [4.78, 5) is 13.1. The van der Waals surface area contributed by atoms with Crippen LogP contribution in [0.4, 0.5) is 0 Å². The van der Waals surface area contributed by atoms with E-state index in [4.69, 9.17) is 4.74 Å². The first-order chi connectivity index (χ1) is 12.7. The number of nitrogens with zero attached hydrogens (tertiary/aromatic N) is 1. The van der Waals surface area contributed by atoms with Crippen LogP contribution in [0, 0.1) is 39.9 Å². The van der Waals surface area contributed by atoms with E-state index in [2.05, 4.69) is 38.6 Å². The van der Waals surface area contributed by atoms with E-state index in [9.17, 15) is 10.0 Å². The Balaban J connectivity index is 2.11. The number of carbonyl (C=O) groups excluding carboxylic acids is 1. The zero-order valence-electron chi connectivity index (χ0n) is 17.5. The fourth-order valence-corrected chi connectivity index (χ4v) is 7.59. The Morgan fingerprint density at radius 3 is 2.70 bits per heavy atom. The van der Waals surface area contributed by atoms with Gasteiger partial charge in [-0.2, -0.15) is 0 Å². The Kier molecular flexibility index (Phi) is 5.48. The van der Waals surface area contributed by atoms with Gasteiger partial charge in [0.05, 0.1) is 12.5 Å². The van der Waals surface area contributed by atoms with Crippen LogP contribution < -0.4 is 0 Å². The predicted molar refractivity (Wildman–Crippen MR) is 108 cm³/mol. The van der Waals surface area contributed by atoms with Crippen molar-refractivity contribution in [3.63, 3.8) is 0 Å². The van der Waals surface area contributed by atoms with Gasteiger partial charge in [0.15, 0.2) is 0 Å². The Morgan fingerprint density at radius 1 is 1.33 bits per heavy atom. The molecule has 0 aromatic rings. The van der Waals surface area contributed by atoms with Gasteiger partial charge in [-0.05, 0) is 67.6 Å². The molecule has 0 heterocycles. The molecule has 0 radical (unpaired) electrons. The van der Waals surface area contributed by atoms with Gasteiger partial charge in [0, 0.05) is 11.6 Å². The smallest absolute Gasteiger partial charge is 0.309 e. The maximum absolute atomic E-state index is 13.1. The van der Waals surface area contributed by atoms with Gasteiger partial charge >= 0.3 is 5.97 Å². The molecule has 3 saturated carbocycles. The topological polar surface area (TPSA) is 58.9 Å². The third kappa shape index (κ3) is 3.23. The number of oxime groups is 1. The van der Waals surface area contributed by atoms with Crippen molar-refractivity contribution in [3.05, 3.63) is 12.7 Å². The van der Waals surface area contributed by atoms with Gasteiger partial charge in [0.2, 0.25) is 0 Å². The van der Waals surface area contributed by atoms with Crippen molar-refractivity contribution in [2.45, 2.75) is 72.6 Å². The minimum absolute atomic E-state index is 0.0777. The van der Waals surface area contributed by atoms with Gasteiger partial charge in [-0.15, -0.1) is 11.7 Å². The summed E-state index contributed by atoms with van der Waals surface area (Å²) in [5.41, 5.74) is -0.284. The number of ether oxygens (including phenoxy) is 1. The number of hydrogen-bond donors (Lipinski definition) is 1. The first-order valence-electron chi connectivity index (χ1n) is 10.7. The number of hydrogen-bond acceptors (Lipinski definition) is 4.